The van der Waals surface area contributed by atoms with E-state index in [9.17, 15) is 4.79 Å². The van der Waals surface area contributed by atoms with Crippen molar-refractivity contribution in [2.24, 2.45) is 0 Å². The number of ether oxygens (including phenoxy) is 1. The van der Waals surface area contributed by atoms with Crippen molar-refractivity contribution in [1.29, 1.82) is 0 Å². The summed E-state index contributed by atoms with van der Waals surface area (Å²) in [5.41, 5.74) is 9.01. The van der Waals surface area contributed by atoms with Crippen molar-refractivity contribution < 1.29 is 9.53 Å². The predicted molar refractivity (Wildman–Crippen MR) is 96.0 cm³/mol. The number of nitrogens with two attached hydrogens (primary N) is 1. The molecule has 1 aliphatic rings. The van der Waals surface area contributed by atoms with Gasteiger partial charge in [-0.2, -0.15) is 0 Å². The van der Waals surface area contributed by atoms with Crippen LogP contribution < -0.4 is 15.8 Å². The molecule has 24 heavy (non-hydrogen) atoms. The zero-order valence-electron chi connectivity index (χ0n) is 13.8. The largest absolute Gasteiger partial charge is 0.491 e. The van der Waals surface area contributed by atoms with Gasteiger partial charge in [-0.3, -0.25) is 4.79 Å². The highest BCUT2D eigenvalue weighted by Gasteiger charge is 2.22. The van der Waals surface area contributed by atoms with Gasteiger partial charge in [-0.05, 0) is 42.5 Å². The number of aryl methyl sites for hydroxylation is 1. The van der Waals surface area contributed by atoms with Gasteiger partial charge in [0.15, 0.2) is 0 Å². The predicted octanol–water partition coefficient (Wildman–Crippen LogP) is 3.10. The molecule has 1 aliphatic carbocycles. The zero-order chi connectivity index (χ0) is 16.8. The van der Waals surface area contributed by atoms with Crippen molar-refractivity contribution >= 4 is 11.6 Å². The summed E-state index contributed by atoms with van der Waals surface area (Å²) in [6.45, 7) is 0.595. The van der Waals surface area contributed by atoms with Crippen LogP contribution in [0, 0.1) is 0 Å². The van der Waals surface area contributed by atoms with E-state index in [1.54, 1.807) is 0 Å². The van der Waals surface area contributed by atoms with Crippen LogP contribution >= 0.6 is 0 Å². The van der Waals surface area contributed by atoms with Crippen molar-refractivity contribution in [3.63, 3.8) is 0 Å². The maximum Gasteiger partial charge on any atom is 0.220 e. The van der Waals surface area contributed by atoms with Crippen LogP contribution in [-0.2, 0) is 17.6 Å². The van der Waals surface area contributed by atoms with E-state index in [1.807, 2.05) is 36.4 Å². The lowest BCUT2D eigenvalue weighted by molar-refractivity contribution is -0.121. The molecule has 0 radical (unpaired) electrons. The molecule has 1 amide bonds. The number of nitrogens with one attached hydrogen (secondary N) is 1. The van der Waals surface area contributed by atoms with Gasteiger partial charge in [0.1, 0.15) is 5.75 Å². The molecule has 0 bridgehead atoms. The van der Waals surface area contributed by atoms with Gasteiger partial charge in [0.25, 0.3) is 0 Å². The molecular weight excluding hydrogens is 300 g/mol. The number of carbonyl (C=O) groups is 1. The van der Waals surface area contributed by atoms with E-state index in [4.69, 9.17) is 10.5 Å². The van der Waals surface area contributed by atoms with Crippen LogP contribution in [0.4, 0.5) is 5.69 Å². The Labute approximate surface area is 143 Å². The zero-order valence-corrected chi connectivity index (χ0v) is 13.8. The van der Waals surface area contributed by atoms with Gasteiger partial charge in [-0.15, -0.1) is 0 Å². The van der Waals surface area contributed by atoms with Crippen molar-refractivity contribution in [2.75, 3.05) is 12.3 Å². The lowest BCUT2D eigenvalue weighted by Gasteiger charge is -2.11. The quantitative estimate of drug-likeness (QED) is 0.733. The Morgan fingerprint density at radius 1 is 1.08 bits per heavy atom. The number of benzene rings is 2. The standard InChI is InChI=1S/C20H24N2O2/c21-18-14-16(7-11-20(23)22-17-8-9-17)6-10-19(18)24-13-12-15-4-2-1-3-5-15/h1-6,10,14,17H,7-9,11-13,21H2,(H,22,23). The van der Waals surface area contributed by atoms with Gasteiger partial charge >= 0.3 is 0 Å². The van der Waals surface area contributed by atoms with E-state index in [2.05, 4.69) is 17.4 Å². The smallest absolute Gasteiger partial charge is 0.220 e. The number of amides is 1. The number of nitrogen functional groups attached to an aromatic ring is 1. The van der Waals surface area contributed by atoms with Gasteiger partial charge in [-0.25, -0.2) is 0 Å². The average molecular weight is 324 g/mol. The Kier molecular flexibility index (Phi) is 5.36. The molecule has 1 saturated carbocycles. The average Bonchev–Trinajstić information content (AvgIpc) is 3.40. The van der Waals surface area contributed by atoms with Crippen molar-refractivity contribution in [2.45, 2.75) is 38.1 Å². The third-order valence-electron chi connectivity index (χ3n) is 4.15. The molecule has 2 aromatic rings. The van der Waals surface area contributed by atoms with E-state index in [0.29, 0.717) is 36.9 Å². The molecule has 0 heterocycles. The fraction of sp³-hybridized carbons (Fsp3) is 0.350. The van der Waals surface area contributed by atoms with Crippen LogP contribution in [0.5, 0.6) is 5.75 Å². The summed E-state index contributed by atoms with van der Waals surface area (Å²) in [5, 5.41) is 3.00. The fourth-order valence-corrected chi connectivity index (χ4v) is 2.59. The molecule has 4 heteroatoms. The summed E-state index contributed by atoms with van der Waals surface area (Å²) >= 11 is 0. The van der Waals surface area contributed by atoms with Crippen LogP contribution in [0.15, 0.2) is 48.5 Å². The van der Waals surface area contributed by atoms with Crippen LogP contribution in [-0.4, -0.2) is 18.6 Å². The second kappa shape index (κ2) is 7.86. The highest BCUT2D eigenvalue weighted by Crippen LogP contribution is 2.24. The number of hydrogen-bond acceptors (Lipinski definition) is 3. The molecule has 3 rings (SSSR count). The Balaban J connectivity index is 1.45. The minimum atomic E-state index is 0.124. The van der Waals surface area contributed by atoms with Crippen LogP contribution in [0.2, 0.25) is 0 Å². The van der Waals surface area contributed by atoms with E-state index in [1.165, 1.54) is 5.56 Å². The topological polar surface area (TPSA) is 64.4 Å². The maximum atomic E-state index is 11.7. The Morgan fingerprint density at radius 3 is 2.58 bits per heavy atom. The normalized spacial score (nSPS) is 13.5. The summed E-state index contributed by atoms with van der Waals surface area (Å²) < 4.78 is 5.78. The number of rotatable bonds is 8. The van der Waals surface area contributed by atoms with Crippen molar-refractivity contribution in [3.05, 3.63) is 59.7 Å². The summed E-state index contributed by atoms with van der Waals surface area (Å²) in [7, 11) is 0. The molecule has 0 aromatic heterocycles. The molecule has 2 aromatic carbocycles. The highest BCUT2D eigenvalue weighted by atomic mass is 16.5. The second-order valence-corrected chi connectivity index (χ2v) is 6.30. The molecule has 126 valence electrons. The summed E-state index contributed by atoms with van der Waals surface area (Å²) in [4.78, 5) is 11.7. The fourth-order valence-electron chi connectivity index (χ4n) is 2.59. The Hall–Kier alpha value is -2.49. The first-order chi connectivity index (χ1) is 11.7. The minimum absolute atomic E-state index is 0.124. The molecule has 4 nitrogen and oxygen atoms in total. The van der Waals surface area contributed by atoms with E-state index < -0.39 is 0 Å². The lowest BCUT2D eigenvalue weighted by atomic mass is 10.1. The van der Waals surface area contributed by atoms with Crippen molar-refractivity contribution in [1.82, 2.24) is 5.32 Å². The summed E-state index contributed by atoms with van der Waals surface area (Å²) in [5.74, 6) is 0.830. The molecule has 0 spiro atoms. The van der Waals surface area contributed by atoms with E-state index in [-0.39, 0.29) is 5.91 Å². The van der Waals surface area contributed by atoms with Gasteiger partial charge in [0.2, 0.25) is 5.91 Å². The van der Waals surface area contributed by atoms with Gasteiger partial charge in [0.05, 0.1) is 12.3 Å². The maximum absolute atomic E-state index is 11.7. The molecule has 1 fully saturated rings. The first-order valence-electron chi connectivity index (χ1n) is 8.55. The van der Waals surface area contributed by atoms with E-state index in [0.717, 1.165) is 24.8 Å². The van der Waals surface area contributed by atoms with Gasteiger partial charge in [-0.1, -0.05) is 36.4 Å². The van der Waals surface area contributed by atoms with Gasteiger partial charge in [0, 0.05) is 18.9 Å². The molecule has 3 N–H and O–H groups in total. The van der Waals surface area contributed by atoms with E-state index >= 15 is 0 Å². The van der Waals surface area contributed by atoms with Crippen LogP contribution in [0.1, 0.15) is 30.4 Å². The Bertz CT molecular complexity index is 681. The second-order valence-electron chi connectivity index (χ2n) is 6.30. The molecule has 0 unspecified atom stereocenters. The first kappa shape index (κ1) is 16.4. The van der Waals surface area contributed by atoms with Crippen LogP contribution in [0.25, 0.3) is 0 Å². The lowest BCUT2D eigenvalue weighted by Crippen LogP contribution is -2.25. The Morgan fingerprint density at radius 2 is 1.88 bits per heavy atom. The molecule has 0 saturated heterocycles. The number of hydrogen-bond donors (Lipinski definition) is 2. The summed E-state index contributed by atoms with van der Waals surface area (Å²) in [6, 6.07) is 16.4. The van der Waals surface area contributed by atoms with Gasteiger partial charge < -0.3 is 15.8 Å². The third kappa shape index (κ3) is 5.01. The molecule has 0 atom stereocenters. The minimum Gasteiger partial charge on any atom is -0.491 e. The van der Waals surface area contributed by atoms with Crippen molar-refractivity contribution in [3.8, 4) is 5.75 Å². The van der Waals surface area contributed by atoms with Crippen LogP contribution in [0.3, 0.4) is 0 Å². The number of anilines is 1. The molecule has 0 aliphatic heterocycles. The number of carbonyl (C=O) groups excluding carboxylic acids is 1. The third-order valence-corrected chi connectivity index (χ3v) is 4.15. The SMILES string of the molecule is Nc1cc(CCC(=O)NC2CC2)ccc1OCCc1ccccc1. The highest BCUT2D eigenvalue weighted by molar-refractivity contribution is 5.76. The molecular formula is C20H24N2O2. The summed E-state index contributed by atoms with van der Waals surface area (Å²) in [6.07, 6.45) is 4.29. The monoisotopic (exact) mass is 324 g/mol. The first-order valence-corrected chi connectivity index (χ1v) is 8.55.